The maximum absolute atomic E-state index is 13.3. The summed E-state index contributed by atoms with van der Waals surface area (Å²) in [7, 11) is -18.4. The van der Waals surface area contributed by atoms with Gasteiger partial charge in [0.1, 0.15) is 9.79 Å². The first-order valence-electron chi connectivity index (χ1n) is 14.5. The molecule has 0 spiro atoms. The van der Waals surface area contributed by atoms with E-state index in [9.17, 15) is 42.8 Å². The van der Waals surface area contributed by atoms with E-state index in [1.54, 1.807) is 72.8 Å². The zero-order valence-electron chi connectivity index (χ0n) is 25.5. The van der Waals surface area contributed by atoms with E-state index in [0.717, 1.165) is 24.3 Å². The first-order chi connectivity index (χ1) is 23.5. The molecule has 256 valence electrons. The zero-order chi connectivity index (χ0) is 35.9. The Balaban J connectivity index is 1.33. The van der Waals surface area contributed by atoms with Crippen LogP contribution in [-0.4, -0.2) is 42.8 Å². The minimum absolute atomic E-state index is 0.0615. The molecule has 0 aromatic heterocycles. The molecule has 0 bridgehead atoms. The molecule has 0 heterocycles. The van der Waals surface area contributed by atoms with Crippen molar-refractivity contribution in [1.29, 1.82) is 0 Å². The van der Waals surface area contributed by atoms with Gasteiger partial charge in [-0.2, -0.15) is 16.8 Å². The molecule has 6 aromatic carbocycles. The summed E-state index contributed by atoms with van der Waals surface area (Å²) in [5.41, 5.74) is -0.710. The Morgan fingerprint density at radius 3 is 1.16 bits per heavy atom. The van der Waals surface area contributed by atoms with Crippen molar-refractivity contribution in [2.75, 3.05) is 9.44 Å². The van der Waals surface area contributed by atoms with Gasteiger partial charge in [0, 0.05) is 10.8 Å². The van der Waals surface area contributed by atoms with Gasteiger partial charge in [-0.3, -0.25) is 18.5 Å². The van der Waals surface area contributed by atoms with E-state index in [2.05, 4.69) is 9.44 Å². The summed E-state index contributed by atoms with van der Waals surface area (Å²) in [4.78, 5) is -1.54. The summed E-state index contributed by atoms with van der Waals surface area (Å²) in [5.74, 6) is 0. The number of fused-ring (bicyclic) bond motifs is 2. The maximum atomic E-state index is 13.3. The first kappa shape index (κ1) is 34.8. The van der Waals surface area contributed by atoms with E-state index in [4.69, 9.17) is 0 Å². The van der Waals surface area contributed by atoms with E-state index in [-0.39, 0.29) is 32.3 Å². The molecule has 12 nitrogen and oxygen atoms in total. The molecule has 0 saturated heterocycles. The first-order valence-corrected chi connectivity index (χ1v) is 20.3. The molecule has 0 aliphatic carbocycles. The normalized spacial score (nSPS) is 12.8. The average Bonchev–Trinajstić information content (AvgIpc) is 3.06. The number of nitrogens with one attached hydrogen (secondary N) is 2. The molecule has 4 N–H and O–H groups in total. The second-order valence-corrected chi connectivity index (χ2v) is 17.0. The van der Waals surface area contributed by atoms with Gasteiger partial charge in [-0.05, 0) is 58.3 Å². The number of hydrogen-bond donors (Lipinski definition) is 4. The van der Waals surface area contributed by atoms with Gasteiger partial charge in [0.25, 0.3) is 40.3 Å². The lowest BCUT2D eigenvalue weighted by Crippen LogP contribution is -2.14. The highest BCUT2D eigenvalue weighted by Crippen LogP contribution is 2.30. The summed E-state index contributed by atoms with van der Waals surface area (Å²) in [6, 6.07) is 29.5. The van der Waals surface area contributed by atoms with Crippen molar-refractivity contribution in [3.8, 4) is 0 Å². The highest BCUT2D eigenvalue weighted by molar-refractivity contribution is 7.93. The molecule has 0 radical (unpaired) electrons. The van der Waals surface area contributed by atoms with Crippen LogP contribution in [0.5, 0.6) is 0 Å². The minimum atomic E-state index is -4.95. The van der Waals surface area contributed by atoms with Crippen LogP contribution in [0.15, 0.2) is 141 Å². The van der Waals surface area contributed by atoms with Gasteiger partial charge in [-0.15, -0.1) is 0 Å². The summed E-state index contributed by atoms with van der Waals surface area (Å²) < 4.78 is 127. The lowest BCUT2D eigenvalue weighted by atomic mass is 10.1. The van der Waals surface area contributed by atoms with Crippen molar-refractivity contribution in [3.63, 3.8) is 0 Å². The fourth-order valence-corrected chi connectivity index (χ4v) is 9.36. The summed E-state index contributed by atoms with van der Waals surface area (Å²) >= 11 is 0. The summed E-state index contributed by atoms with van der Waals surface area (Å²) in [6.45, 7) is 0. The van der Waals surface area contributed by atoms with Crippen LogP contribution >= 0.6 is 0 Å². The number of anilines is 2. The highest BCUT2D eigenvalue weighted by Gasteiger charge is 2.23. The fourth-order valence-electron chi connectivity index (χ4n) is 5.38. The molecule has 0 saturated carbocycles. The van der Waals surface area contributed by atoms with Gasteiger partial charge in [0.15, 0.2) is 0 Å². The van der Waals surface area contributed by atoms with Crippen LogP contribution in [0.2, 0.25) is 0 Å². The second kappa shape index (κ2) is 13.0. The third kappa shape index (κ3) is 7.25. The molecule has 0 amide bonds. The number of sulfonamides is 2. The molecule has 0 fully saturated rings. The summed E-state index contributed by atoms with van der Waals surface area (Å²) in [6.07, 6.45) is 2.24. The third-order valence-corrected chi connectivity index (χ3v) is 12.3. The number of benzene rings is 6. The summed E-state index contributed by atoms with van der Waals surface area (Å²) in [5, 5.41) is 2.18. The van der Waals surface area contributed by atoms with Gasteiger partial charge >= 0.3 is 0 Å². The van der Waals surface area contributed by atoms with Crippen molar-refractivity contribution in [2.45, 2.75) is 19.6 Å². The van der Waals surface area contributed by atoms with Crippen LogP contribution in [0, 0.1) is 0 Å². The lowest BCUT2D eigenvalue weighted by molar-refractivity contribution is 0.480. The largest absolute Gasteiger partial charge is 0.295 e. The predicted molar refractivity (Wildman–Crippen MR) is 191 cm³/mol. The van der Waals surface area contributed by atoms with Gasteiger partial charge < -0.3 is 0 Å². The Morgan fingerprint density at radius 2 is 0.780 bits per heavy atom. The Bertz CT molecular complexity index is 2600. The van der Waals surface area contributed by atoms with Crippen LogP contribution in [-0.2, 0) is 40.3 Å². The quantitative estimate of drug-likeness (QED) is 0.0915. The Kier molecular flexibility index (Phi) is 9.02. The molecule has 16 heteroatoms. The minimum Gasteiger partial charge on any atom is -0.282 e. The molecule has 0 unspecified atom stereocenters. The topological polar surface area (TPSA) is 201 Å². The monoisotopic (exact) mass is 750 g/mol. The maximum Gasteiger partial charge on any atom is 0.295 e. The fraction of sp³-hybridized carbons (Fsp3) is 0. The van der Waals surface area contributed by atoms with E-state index in [1.165, 1.54) is 36.4 Å². The number of rotatable bonds is 10. The molecule has 0 atom stereocenters. The molecule has 6 rings (SSSR count). The molecular weight excluding hydrogens is 725 g/mol. The van der Waals surface area contributed by atoms with Gasteiger partial charge in [0.05, 0.1) is 21.2 Å². The Hall–Kier alpha value is -5.10. The van der Waals surface area contributed by atoms with Gasteiger partial charge in [0.2, 0.25) is 0 Å². The van der Waals surface area contributed by atoms with Crippen molar-refractivity contribution >= 4 is 85.4 Å². The average molecular weight is 751 g/mol. The van der Waals surface area contributed by atoms with Crippen LogP contribution in [0.3, 0.4) is 0 Å². The smallest absolute Gasteiger partial charge is 0.282 e. The molecule has 0 aliphatic heterocycles. The highest BCUT2D eigenvalue weighted by atomic mass is 32.2. The zero-order valence-corrected chi connectivity index (χ0v) is 28.8. The van der Waals surface area contributed by atoms with Crippen LogP contribution in [0.1, 0.15) is 11.1 Å². The van der Waals surface area contributed by atoms with E-state index in [1.807, 2.05) is 0 Å². The van der Waals surface area contributed by atoms with Crippen LogP contribution < -0.4 is 9.44 Å². The number of hydrogen-bond acceptors (Lipinski definition) is 8. The van der Waals surface area contributed by atoms with Gasteiger partial charge in [-0.25, -0.2) is 16.8 Å². The van der Waals surface area contributed by atoms with Crippen molar-refractivity contribution in [1.82, 2.24) is 0 Å². The third-order valence-electron chi connectivity index (χ3n) is 7.61. The van der Waals surface area contributed by atoms with E-state index in [0.29, 0.717) is 21.5 Å². The molecular formula is C34H26N2O10S4. The van der Waals surface area contributed by atoms with Crippen molar-refractivity contribution in [2.24, 2.45) is 0 Å². The van der Waals surface area contributed by atoms with E-state index < -0.39 is 50.1 Å². The molecule has 6 aromatic rings. The molecule has 50 heavy (non-hydrogen) atoms. The Labute approximate surface area is 288 Å². The SMILES string of the molecule is O=S(=O)(O)c1cc(NS(=O)(=O)c2cccc3ccccc23)ccc1C=Cc1ccc(NS(=O)(=O)c2cccc3ccccc23)cc1S(=O)(=O)O. The van der Waals surface area contributed by atoms with Crippen molar-refractivity contribution < 1.29 is 42.8 Å². The molecule has 0 aliphatic rings. The van der Waals surface area contributed by atoms with Crippen LogP contribution in [0.25, 0.3) is 33.7 Å². The standard InChI is InChI=1S/C34H26N2O10S4/c37-47(38,31-13-5-9-23-7-1-3-11-29(23)31)35-27-19-17-25(33(21-27)49(41,42)43)15-16-26-18-20-28(22-34(26)50(44,45)46)36-48(39,40)32-14-6-10-24-8-2-4-12-30(24)32/h1-22,35-36H,(H,41,42,43)(H,44,45,46). The van der Waals surface area contributed by atoms with Gasteiger partial charge in [-0.1, -0.05) is 97.1 Å². The lowest BCUT2D eigenvalue weighted by Gasteiger charge is -2.13. The predicted octanol–water partition coefficient (Wildman–Crippen LogP) is 6.26. The van der Waals surface area contributed by atoms with E-state index >= 15 is 0 Å². The van der Waals surface area contributed by atoms with Crippen molar-refractivity contribution in [3.05, 3.63) is 132 Å². The van der Waals surface area contributed by atoms with Crippen LogP contribution in [0.4, 0.5) is 11.4 Å². The second-order valence-electron chi connectivity index (χ2n) is 11.0. The Morgan fingerprint density at radius 1 is 0.420 bits per heavy atom.